The number of carbonyl (C=O) groups excluding carboxylic acids is 1. The zero-order chi connectivity index (χ0) is 15.5. The van der Waals surface area contributed by atoms with Gasteiger partial charge in [0.15, 0.2) is 5.82 Å². The van der Waals surface area contributed by atoms with Gasteiger partial charge in [-0.25, -0.2) is 0 Å². The van der Waals surface area contributed by atoms with Crippen LogP contribution in [0, 0.1) is 5.92 Å². The monoisotopic (exact) mass is 298 g/mol. The van der Waals surface area contributed by atoms with Crippen LogP contribution in [-0.2, 0) is 4.79 Å². The number of rotatable bonds is 3. The molecule has 5 heteroatoms. The van der Waals surface area contributed by atoms with Crippen LogP contribution in [0.2, 0.25) is 0 Å². The number of piperazine rings is 1. The summed E-state index contributed by atoms with van der Waals surface area (Å²) in [5.74, 6) is 1.60. The molecule has 1 amide bonds. The summed E-state index contributed by atoms with van der Waals surface area (Å²) in [6, 6.07) is 8.16. The molecule has 0 spiro atoms. The summed E-state index contributed by atoms with van der Waals surface area (Å²) >= 11 is 0. The van der Waals surface area contributed by atoms with Gasteiger partial charge in [0.25, 0.3) is 0 Å². The molecule has 0 saturated carbocycles. The Morgan fingerprint density at radius 3 is 2.64 bits per heavy atom. The van der Waals surface area contributed by atoms with Gasteiger partial charge in [-0.1, -0.05) is 38.1 Å². The predicted octanol–water partition coefficient (Wildman–Crippen LogP) is 2.32. The summed E-state index contributed by atoms with van der Waals surface area (Å²) in [5, 5.41) is 10.7. The highest BCUT2D eigenvalue weighted by atomic mass is 16.2. The fourth-order valence-corrected chi connectivity index (χ4v) is 2.89. The molecule has 1 aromatic carbocycles. The van der Waals surface area contributed by atoms with Crippen molar-refractivity contribution in [3.8, 4) is 0 Å². The number of benzene rings is 1. The van der Waals surface area contributed by atoms with Crippen molar-refractivity contribution in [2.24, 2.45) is 5.92 Å². The Labute approximate surface area is 130 Å². The van der Waals surface area contributed by atoms with E-state index in [4.69, 9.17) is 0 Å². The highest BCUT2D eigenvalue weighted by Crippen LogP contribution is 2.24. The third-order valence-electron chi connectivity index (χ3n) is 4.07. The average Bonchev–Trinajstić information content (AvgIpc) is 2.54. The molecule has 0 radical (unpaired) electrons. The van der Waals surface area contributed by atoms with Gasteiger partial charge < -0.3 is 9.80 Å². The molecule has 0 bridgehead atoms. The van der Waals surface area contributed by atoms with Crippen LogP contribution in [0.4, 0.5) is 5.82 Å². The van der Waals surface area contributed by atoms with Crippen LogP contribution in [0.5, 0.6) is 0 Å². The normalized spacial score (nSPS) is 15.6. The summed E-state index contributed by atoms with van der Waals surface area (Å²) in [6.07, 6.45) is 2.43. The van der Waals surface area contributed by atoms with Gasteiger partial charge in [-0.3, -0.25) is 4.79 Å². The number of aromatic nitrogens is 2. The first-order valence-electron chi connectivity index (χ1n) is 7.88. The maximum Gasteiger partial charge on any atom is 0.222 e. The van der Waals surface area contributed by atoms with Gasteiger partial charge >= 0.3 is 0 Å². The smallest absolute Gasteiger partial charge is 0.222 e. The first-order valence-corrected chi connectivity index (χ1v) is 7.88. The van der Waals surface area contributed by atoms with E-state index in [9.17, 15) is 4.79 Å². The highest BCUT2D eigenvalue weighted by molar-refractivity contribution is 5.91. The number of fused-ring (bicyclic) bond motifs is 1. The first-order chi connectivity index (χ1) is 10.6. The Hall–Kier alpha value is -2.17. The van der Waals surface area contributed by atoms with Crippen molar-refractivity contribution >= 4 is 22.5 Å². The molecule has 1 aromatic heterocycles. The highest BCUT2D eigenvalue weighted by Gasteiger charge is 2.23. The van der Waals surface area contributed by atoms with E-state index < -0.39 is 0 Å². The first kappa shape index (κ1) is 14.8. The molecule has 1 aliphatic rings. The van der Waals surface area contributed by atoms with E-state index in [1.54, 1.807) is 6.20 Å². The summed E-state index contributed by atoms with van der Waals surface area (Å²) < 4.78 is 0. The minimum Gasteiger partial charge on any atom is -0.351 e. The second kappa shape index (κ2) is 6.30. The molecule has 0 aliphatic carbocycles. The van der Waals surface area contributed by atoms with E-state index in [2.05, 4.69) is 41.1 Å². The molecule has 1 fully saturated rings. The minimum absolute atomic E-state index is 0.263. The number of hydrogen-bond donors (Lipinski definition) is 0. The van der Waals surface area contributed by atoms with Crippen molar-refractivity contribution in [3.05, 3.63) is 30.5 Å². The molecule has 2 aromatic rings. The van der Waals surface area contributed by atoms with Crippen molar-refractivity contribution in [2.45, 2.75) is 20.3 Å². The lowest BCUT2D eigenvalue weighted by molar-refractivity contribution is -0.132. The molecule has 116 valence electrons. The number of nitrogens with zero attached hydrogens (tertiary/aromatic N) is 4. The third kappa shape index (κ3) is 3.03. The fourth-order valence-electron chi connectivity index (χ4n) is 2.89. The summed E-state index contributed by atoms with van der Waals surface area (Å²) in [7, 11) is 0. The number of hydrogen-bond acceptors (Lipinski definition) is 4. The van der Waals surface area contributed by atoms with Crippen LogP contribution < -0.4 is 4.90 Å². The summed E-state index contributed by atoms with van der Waals surface area (Å²) in [6.45, 7) is 7.31. The van der Waals surface area contributed by atoms with Crippen molar-refractivity contribution in [2.75, 3.05) is 31.1 Å². The van der Waals surface area contributed by atoms with Gasteiger partial charge in [-0.05, 0) is 5.92 Å². The average molecular weight is 298 g/mol. The maximum absolute atomic E-state index is 12.1. The van der Waals surface area contributed by atoms with Crippen LogP contribution in [0.15, 0.2) is 30.5 Å². The van der Waals surface area contributed by atoms with E-state index in [1.807, 2.05) is 17.0 Å². The second-order valence-electron chi connectivity index (χ2n) is 6.22. The fraction of sp³-hybridized carbons (Fsp3) is 0.471. The Balaban J connectivity index is 1.72. The van der Waals surface area contributed by atoms with Crippen LogP contribution in [0.3, 0.4) is 0 Å². The molecule has 1 saturated heterocycles. The standard InChI is InChI=1S/C17H22N4O/c1-13(2)11-16(22)20-7-9-21(10-8-20)17-15-6-4-3-5-14(15)12-18-19-17/h3-6,12-13H,7-11H2,1-2H3. The van der Waals surface area contributed by atoms with Crippen LogP contribution >= 0.6 is 0 Å². The van der Waals surface area contributed by atoms with E-state index in [0.717, 1.165) is 42.8 Å². The lowest BCUT2D eigenvalue weighted by Gasteiger charge is -2.35. The van der Waals surface area contributed by atoms with Crippen molar-refractivity contribution in [3.63, 3.8) is 0 Å². The molecule has 0 atom stereocenters. The number of carbonyl (C=O) groups is 1. The van der Waals surface area contributed by atoms with Crippen LogP contribution in [-0.4, -0.2) is 47.2 Å². The van der Waals surface area contributed by atoms with Gasteiger partial charge in [-0.2, -0.15) is 5.10 Å². The lowest BCUT2D eigenvalue weighted by atomic mass is 10.1. The van der Waals surface area contributed by atoms with E-state index in [1.165, 1.54) is 0 Å². The van der Waals surface area contributed by atoms with E-state index >= 15 is 0 Å². The molecular weight excluding hydrogens is 276 g/mol. The van der Waals surface area contributed by atoms with Crippen molar-refractivity contribution < 1.29 is 4.79 Å². The SMILES string of the molecule is CC(C)CC(=O)N1CCN(c2nncc3ccccc23)CC1. The Kier molecular flexibility index (Phi) is 4.22. The molecule has 3 rings (SSSR count). The van der Waals surface area contributed by atoms with E-state index in [-0.39, 0.29) is 5.91 Å². The second-order valence-corrected chi connectivity index (χ2v) is 6.22. The van der Waals surface area contributed by atoms with E-state index in [0.29, 0.717) is 12.3 Å². The molecule has 5 nitrogen and oxygen atoms in total. The third-order valence-corrected chi connectivity index (χ3v) is 4.07. The molecule has 0 N–H and O–H groups in total. The van der Waals surface area contributed by atoms with Gasteiger partial charge in [0.2, 0.25) is 5.91 Å². The summed E-state index contributed by atoms with van der Waals surface area (Å²) in [4.78, 5) is 16.3. The molecule has 1 aliphatic heterocycles. The quantitative estimate of drug-likeness (QED) is 0.872. The predicted molar refractivity (Wildman–Crippen MR) is 87.8 cm³/mol. The topological polar surface area (TPSA) is 49.3 Å². The maximum atomic E-state index is 12.1. The molecule has 22 heavy (non-hydrogen) atoms. The minimum atomic E-state index is 0.263. The van der Waals surface area contributed by atoms with Gasteiger partial charge in [0.05, 0.1) is 6.20 Å². The Bertz CT molecular complexity index is 657. The van der Waals surface area contributed by atoms with Gasteiger partial charge in [0.1, 0.15) is 0 Å². The molecule has 0 unspecified atom stereocenters. The van der Waals surface area contributed by atoms with Crippen LogP contribution in [0.1, 0.15) is 20.3 Å². The Morgan fingerprint density at radius 1 is 1.18 bits per heavy atom. The van der Waals surface area contributed by atoms with Crippen molar-refractivity contribution in [1.29, 1.82) is 0 Å². The van der Waals surface area contributed by atoms with Crippen LogP contribution in [0.25, 0.3) is 10.8 Å². The number of anilines is 1. The molecular formula is C17H22N4O. The lowest BCUT2D eigenvalue weighted by Crippen LogP contribution is -2.49. The Morgan fingerprint density at radius 2 is 1.91 bits per heavy atom. The van der Waals surface area contributed by atoms with Crippen molar-refractivity contribution in [1.82, 2.24) is 15.1 Å². The summed E-state index contributed by atoms with van der Waals surface area (Å²) in [5.41, 5.74) is 0. The largest absolute Gasteiger partial charge is 0.351 e. The number of amides is 1. The van der Waals surface area contributed by atoms with Gasteiger partial charge in [-0.15, -0.1) is 5.10 Å². The zero-order valence-corrected chi connectivity index (χ0v) is 13.2. The zero-order valence-electron chi connectivity index (χ0n) is 13.2. The molecule has 2 heterocycles. The van der Waals surface area contributed by atoms with Gasteiger partial charge in [0, 0.05) is 43.4 Å².